The summed E-state index contributed by atoms with van der Waals surface area (Å²) in [6, 6.07) is 11.3. The van der Waals surface area contributed by atoms with Crippen molar-refractivity contribution in [3.8, 4) is 11.5 Å². The van der Waals surface area contributed by atoms with Gasteiger partial charge in [0.1, 0.15) is 0 Å². The minimum atomic E-state index is -0.426. The van der Waals surface area contributed by atoms with Gasteiger partial charge in [-0.25, -0.2) is 4.99 Å². The molecule has 1 amide bonds. The molecule has 1 saturated heterocycles. The largest absolute Gasteiger partial charge is 0.493 e. The third-order valence-corrected chi connectivity index (χ3v) is 5.42. The topological polar surface area (TPSA) is 77.0 Å². The fraction of sp³-hybridized carbons (Fsp3) is 0.150. The highest BCUT2D eigenvalue weighted by atomic mass is 127. The maximum Gasteiger partial charge on any atom is 0.308 e. The number of thioether (sulfide) groups is 1. The maximum absolute atomic E-state index is 12.3. The van der Waals surface area contributed by atoms with Crippen molar-refractivity contribution in [1.82, 2.24) is 5.32 Å². The Morgan fingerprint density at radius 1 is 1.25 bits per heavy atom. The number of esters is 1. The lowest BCUT2D eigenvalue weighted by molar-refractivity contribution is -0.132. The van der Waals surface area contributed by atoms with Gasteiger partial charge in [0.05, 0.1) is 21.3 Å². The van der Waals surface area contributed by atoms with E-state index in [0.29, 0.717) is 25.1 Å². The van der Waals surface area contributed by atoms with Crippen LogP contribution in [0.15, 0.2) is 46.3 Å². The second-order valence-electron chi connectivity index (χ2n) is 5.95. The zero-order chi connectivity index (χ0) is 20.3. The molecule has 144 valence electrons. The first kappa shape index (κ1) is 20.4. The van der Waals surface area contributed by atoms with Crippen LogP contribution in [0.1, 0.15) is 18.1 Å². The molecule has 0 aliphatic carbocycles. The minimum absolute atomic E-state index is 0.214. The Hall–Kier alpha value is -2.33. The molecule has 3 rings (SSSR count). The fourth-order valence-corrected chi connectivity index (χ4v) is 4.01. The number of carbonyl (C=O) groups excluding carboxylic acids is 2. The van der Waals surface area contributed by atoms with E-state index in [1.165, 1.54) is 25.8 Å². The number of nitrogens with zero attached hydrogens (tertiary/aromatic N) is 1. The first-order chi connectivity index (χ1) is 13.4. The van der Waals surface area contributed by atoms with Gasteiger partial charge in [-0.2, -0.15) is 0 Å². The highest BCUT2D eigenvalue weighted by molar-refractivity contribution is 14.1. The van der Waals surface area contributed by atoms with Crippen molar-refractivity contribution in [1.29, 1.82) is 0 Å². The van der Waals surface area contributed by atoms with E-state index in [2.05, 4.69) is 32.9 Å². The molecule has 8 heteroatoms. The van der Waals surface area contributed by atoms with Gasteiger partial charge in [-0.15, -0.1) is 0 Å². The summed E-state index contributed by atoms with van der Waals surface area (Å²) in [5.74, 6) is 0.146. The third-order valence-electron chi connectivity index (χ3n) is 3.71. The Labute approximate surface area is 180 Å². The lowest BCUT2D eigenvalue weighted by atomic mass is 10.2. The highest BCUT2D eigenvalue weighted by Gasteiger charge is 2.24. The Morgan fingerprint density at radius 3 is 2.61 bits per heavy atom. The van der Waals surface area contributed by atoms with Crippen molar-refractivity contribution in [3.63, 3.8) is 0 Å². The van der Waals surface area contributed by atoms with Crippen LogP contribution in [0, 0.1) is 10.5 Å². The zero-order valence-corrected chi connectivity index (χ0v) is 18.4. The van der Waals surface area contributed by atoms with Crippen molar-refractivity contribution in [3.05, 3.63) is 56.0 Å². The number of aryl methyl sites for hydroxylation is 1. The lowest BCUT2D eigenvalue weighted by Crippen LogP contribution is -2.19. The molecule has 1 aliphatic rings. The lowest BCUT2D eigenvalue weighted by Gasteiger charge is -2.11. The van der Waals surface area contributed by atoms with Gasteiger partial charge in [-0.05, 0) is 77.2 Å². The maximum atomic E-state index is 12.3. The van der Waals surface area contributed by atoms with Crippen molar-refractivity contribution in [2.45, 2.75) is 13.8 Å². The summed E-state index contributed by atoms with van der Waals surface area (Å²) in [7, 11) is 1.50. The van der Waals surface area contributed by atoms with E-state index in [0.717, 1.165) is 16.8 Å². The van der Waals surface area contributed by atoms with Gasteiger partial charge >= 0.3 is 5.97 Å². The second-order valence-corrected chi connectivity index (χ2v) is 8.14. The van der Waals surface area contributed by atoms with E-state index >= 15 is 0 Å². The van der Waals surface area contributed by atoms with Gasteiger partial charge in [-0.1, -0.05) is 17.7 Å². The van der Waals surface area contributed by atoms with E-state index < -0.39 is 5.97 Å². The normalized spacial score (nSPS) is 16.4. The molecule has 1 heterocycles. The molecule has 1 N–H and O–H groups in total. The Bertz CT molecular complexity index is 1000. The summed E-state index contributed by atoms with van der Waals surface area (Å²) >= 11 is 3.33. The van der Waals surface area contributed by atoms with Crippen molar-refractivity contribution in [2.75, 3.05) is 7.11 Å². The van der Waals surface area contributed by atoms with E-state index in [1.807, 2.05) is 37.3 Å². The van der Waals surface area contributed by atoms with Gasteiger partial charge in [-0.3, -0.25) is 9.59 Å². The average Bonchev–Trinajstić information content (AvgIpc) is 2.97. The Kier molecular flexibility index (Phi) is 6.40. The molecule has 2 aromatic carbocycles. The summed E-state index contributed by atoms with van der Waals surface area (Å²) in [6.45, 7) is 3.34. The molecule has 0 atom stereocenters. The summed E-state index contributed by atoms with van der Waals surface area (Å²) in [4.78, 5) is 28.6. The number of hydrogen-bond acceptors (Lipinski definition) is 6. The van der Waals surface area contributed by atoms with Crippen LogP contribution in [0.3, 0.4) is 0 Å². The number of carbonyl (C=O) groups is 2. The van der Waals surface area contributed by atoms with Gasteiger partial charge < -0.3 is 14.8 Å². The number of rotatable bonds is 4. The van der Waals surface area contributed by atoms with Crippen LogP contribution in [-0.2, 0) is 9.59 Å². The smallest absolute Gasteiger partial charge is 0.308 e. The Morgan fingerprint density at radius 2 is 1.96 bits per heavy atom. The van der Waals surface area contributed by atoms with Gasteiger partial charge in [0.15, 0.2) is 16.7 Å². The SMILES string of the molecule is COc1cc(/C=C2\SC(=Nc3ccc(C)cc3)NC2=O)cc(I)c1OC(C)=O. The van der Waals surface area contributed by atoms with Crippen LogP contribution in [0.5, 0.6) is 11.5 Å². The average molecular weight is 508 g/mol. The predicted octanol–water partition coefficient (Wildman–Crippen LogP) is 4.43. The molecule has 2 aromatic rings. The van der Waals surface area contributed by atoms with E-state index in [4.69, 9.17) is 9.47 Å². The number of ether oxygens (including phenoxy) is 2. The third kappa shape index (κ3) is 4.93. The Balaban J connectivity index is 1.87. The number of hydrogen-bond donors (Lipinski definition) is 1. The summed E-state index contributed by atoms with van der Waals surface area (Å²) in [6.07, 6.45) is 1.75. The van der Waals surface area contributed by atoms with Crippen molar-refractivity contribution in [2.24, 2.45) is 4.99 Å². The quantitative estimate of drug-likeness (QED) is 0.286. The summed E-state index contributed by atoms with van der Waals surface area (Å²) < 4.78 is 11.2. The molecule has 0 spiro atoms. The first-order valence-corrected chi connectivity index (χ1v) is 10.2. The van der Waals surface area contributed by atoms with Gasteiger partial charge in [0.2, 0.25) is 0 Å². The molecule has 0 saturated carbocycles. The molecule has 1 fully saturated rings. The van der Waals surface area contributed by atoms with Gasteiger partial charge in [0.25, 0.3) is 5.91 Å². The first-order valence-electron chi connectivity index (χ1n) is 8.28. The van der Waals surface area contributed by atoms with Crippen LogP contribution >= 0.6 is 34.4 Å². The number of amidine groups is 1. The molecule has 1 aliphatic heterocycles. The predicted molar refractivity (Wildman–Crippen MR) is 119 cm³/mol. The molecule has 0 aromatic heterocycles. The molecule has 28 heavy (non-hydrogen) atoms. The number of amides is 1. The number of halogens is 1. The minimum Gasteiger partial charge on any atom is -0.493 e. The molecule has 6 nitrogen and oxygen atoms in total. The molecule has 0 radical (unpaired) electrons. The van der Waals surface area contributed by atoms with E-state index in [-0.39, 0.29) is 5.91 Å². The molecular formula is C20H17IN2O4S. The summed E-state index contributed by atoms with van der Waals surface area (Å²) in [5, 5.41) is 3.30. The van der Waals surface area contributed by atoms with Crippen LogP contribution in [0.25, 0.3) is 6.08 Å². The molecule has 0 bridgehead atoms. The number of benzene rings is 2. The standard InChI is InChI=1S/C20H17IN2O4S/c1-11-4-6-14(7-5-11)22-20-23-19(25)17(28-20)10-13-8-15(21)18(27-12(2)24)16(9-13)26-3/h4-10H,1-3H3,(H,22,23,25)/b17-10-. The van der Waals surface area contributed by atoms with Crippen LogP contribution < -0.4 is 14.8 Å². The fourth-order valence-electron chi connectivity index (χ4n) is 2.43. The number of methoxy groups -OCH3 is 1. The highest BCUT2D eigenvalue weighted by Crippen LogP contribution is 2.36. The van der Waals surface area contributed by atoms with Crippen LogP contribution in [-0.4, -0.2) is 24.2 Å². The number of nitrogens with one attached hydrogen (secondary N) is 1. The zero-order valence-electron chi connectivity index (χ0n) is 15.4. The second kappa shape index (κ2) is 8.78. The number of aliphatic imine (C=N–C) groups is 1. The van der Waals surface area contributed by atoms with Crippen LogP contribution in [0.2, 0.25) is 0 Å². The van der Waals surface area contributed by atoms with E-state index in [9.17, 15) is 9.59 Å². The molecular weight excluding hydrogens is 491 g/mol. The van der Waals surface area contributed by atoms with Crippen LogP contribution in [0.4, 0.5) is 5.69 Å². The van der Waals surface area contributed by atoms with Crippen molar-refractivity contribution >= 4 is 63.2 Å². The summed E-state index contributed by atoms with van der Waals surface area (Å²) in [5.41, 5.74) is 2.68. The van der Waals surface area contributed by atoms with Gasteiger partial charge in [0, 0.05) is 6.92 Å². The monoisotopic (exact) mass is 508 g/mol. The van der Waals surface area contributed by atoms with E-state index in [1.54, 1.807) is 12.1 Å². The van der Waals surface area contributed by atoms with Crippen molar-refractivity contribution < 1.29 is 19.1 Å². The molecule has 0 unspecified atom stereocenters.